The maximum absolute atomic E-state index is 5.84. The van der Waals surface area contributed by atoms with Crippen molar-refractivity contribution in [3.05, 3.63) is 33.3 Å². The van der Waals surface area contributed by atoms with Crippen LogP contribution in [0.2, 0.25) is 5.02 Å². The Morgan fingerprint density at radius 3 is 2.86 bits per heavy atom. The molecule has 0 aliphatic heterocycles. The zero-order valence-electron chi connectivity index (χ0n) is 8.06. The third-order valence-corrected chi connectivity index (χ3v) is 2.98. The van der Waals surface area contributed by atoms with Crippen molar-refractivity contribution in [3.8, 4) is 0 Å². The molecule has 0 fully saturated rings. The lowest BCUT2D eigenvalue weighted by molar-refractivity contribution is 0.555. The van der Waals surface area contributed by atoms with Gasteiger partial charge in [0.2, 0.25) is 0 Å². The molecule has 1 aromatic carbocycles. The van der Waals surface area contributed by atoms with E-state index in [1.54, 1.807) is 0 Å². The number of nitrogens with one attached hydrogen (secondary N) is 1. The van der Waals surface area contributed by atoms with Gasteiger partial charge in [0, 0.05) is 28.6 Å². The van der Waals surface area contributed by atoms with E-state index in [1.807, 2.05) is 18.2 Å². The number of halogens is 2. The van der Waals surface area contributed by atoms with Gasteiger partial charge >= 0.3 is 0 Å². The standard InChI is InChI=1S/C10H14BrClN2/c1-7(5-13)14-6-8-2-3-9(12)4-10(8)11/h2-4,7,14H,5-6,13H2,1H3. The molecule has 1 atom stereocenters. The summed E-state index contributed by atoms with van der Waals surface area (Å²) in [4.78, 5) is 0. The number of hydrogen-bond acceptors (Lipinski definition) is 2. The van der Waals surface area contributed by atoms with Crippen LogP contribution < -0.4 is 11.1 Å². The SMILES string of the molecule is CC(CN)NCc1ccc(Cl)cc1Br. The van der Waals surface area contributed by atoms with Crippen molar-refractivity contribution in [2.24, 2.45) is 5.73 Å². The van der Waals surface area contributed by atoms with Crippen molar-refractivity contribution in [2.75, 3.05) is 6.54 Å². The van der Waals surface area contributed by atoms with Crippen LogP contribution >= 0.6 is 27.5 Å². The van der Waals surface area contributed by atoms with Gasteiger partial charge in [0.05, 0.1) is 0 Å². The van der Waals surface area contributed by atoms with E-state index in [9.17, 15) is 0 Å². The molecule has 0 heterocycles. The second-order valence-corrected chi connectivity index (χ2v) is 4.54. The van der Waals surface area contributed by atoms with Crippen LogP contribution in [0.15, 0.2) is 22.7 Å². The Morgan fingerprint density at radius 1 is 1.57 bits per heavy atom. The van der Waals surface area contributed by atoms with Crippen LogP contribution in [0.5, 0.6) is 0 Å². The van der Waals surface area contributed by atoms with Crippen molar-refractivity contribution in [2.45, 2.75) is 19.5 Å². The number of rotatable bonds is 4. The van der Waals surface area contributed by atoms with Crippen LogP contribution in [0, 0.1) is 0 Å². The minimum atomic E-state index is 0.331. The van der Waals surface area contributed by atoms with Crippen LogP contribution in [0.3, 0.4) is 0 Å². The van der Waals surface area contributed by atoms with Crippen molar-refractivity contribution < 1.29 is 0 Å². The summed E-state index contributed by atoms with van der Waals surface area (Å²) < 4.78 is 1.03. The first-order valence-corrected chi connectivity index (χ1v) is 5.68. The molecule has 0 aliphatic rings. The second kappa shape index (κ2) is 5.71. The predicted octanol–water partition coefficient (Wildman–Crippen LogP) is 2.54. The summed E-state index contributed by atoms with van der Waals surface area (Å²) in [7, 11) is 0. The maximum atomic E-state index is 5.84. The Balaban J connectivity index is 2.59. The highest BCUT2D eigenvalue weighted by atomic mass is 79.9. The molecule has 0 bridgehead atoms. The molecule has 1 aromatic rings. The van der Waals surface area contributed by atoms with Crippen molar-refractivity contribution in [1.82, 2.24) is 5.32 Å². The van der Waals surface area contributed by atoms with Crippen LogP contribution in [0.4, 0.5) is 0 Å². The summed E-state index contributed by atoms with van der Waals surface area (Å²) in [6.45, 7) is 3.51. The van der Waals surface area contributed by atoms with Crippen molar-refractivity contribution in [3.63, 3.8) is 0 Å². The Morgan fingerprint density at radius 2 is 2.29 bits per heavy atom. The van der Waals surface area contributed by atoms with Gasteiger partial charge in [-0.1, -0.05) is 33.6 Å². The summed E-state index contributed by atoms with van der Waals surface area (Å²) in [5.74, 6) is 0. The molecule has 1 rings (SSSR count). The molecular formula is C10H14BrClN2. The lowest BCUT2D eigenvalue weighted by Gasteiger charge is -2.12. The molecular weight excluding hydrogens is 263 g/mol. The lowest BCUT2D eigenvalue weighted by Crippen LogP contribution is -2.32. The Bertz CT molecular complexity index is 304. The van der Waals surface area contributed by atoms with Gasteiger partial charge in [-0.3, -0.25) is 0 Å². The zero-order valence-corrected chi connectivity index (χ0v) is 10.4. The molecule has 0 saturated carbocycles. The Hall–Kier alpha value is -0.0900. The minimum Gasteiger partial charge on any atom is -0.329 e. The molecule has 3 N–H and O–H groups in total. The minimum absolute atomic E-state index is 0.331. The highest BCUT2D eigenvalue weighted by Crippen LogP contribution is 2.21. The Kier molecular flexibility index (Phi) is 4.89. The largest absolute Gasteiger partial charge is 0.329 e. The molecule has 2 nitrogen and oxygen atoms in total. The van der Waals surface area contributed by atoms with E-state index in [0.717, 1.165) is 16.0 Å². The number of nitrogens with two attached hydrogens (primary N) is 1. The summed E-state index contributed by atoms with van der Waals surface area (Å²) in [6, 6.07) is 6.11. The lowest BCUT2D eigenvalue weighted by atomic mass is 10.2. The summed E-state index contributed by atoms with van der Waals surface area (Å²) >= 11 is 9.30. The van der Waals surface area contributed by atoms with Crippen LogP contribution in [0.25, 0.3) is 0 Å². The van der Waals surface area contributed by atoms with Crippen LogP contribution in [-0.2, 0) is 6.54 Å². The van der Waals surface area contributed by atoms with Gasteiger partial charge in [0.25, 0.3) is 0 Å². The van der Waals surface area contributed by atoms with Crippen LogP contribution in [0.1, 0.15) is 12.5 Å². The monoisotopic (exact) mass is 276 g/mol. The van der Waals surface area contributed by atoms with Gasteiger partial charge in [-0.05, 0) is 24.6 Å². The van der Waals surface area contributed by atoms with E-state index in [1.165, 1.54) is 5.56 Å². The molecule has 0 aliphatic carbocycles. The van der Waals surface area contributed by atoms with E-state index in [0.29, 0.717) is 12.6 Å². The summed E-state index contributed by atoms with van der Waals surface area (Å²) in [5.41, 5.74) is 6.69. The van der Waals surface area contributed by atoms with Gasteiger partial charge in [-0.15, -0.1) is 0 Å². The number of hydrogen-bond donors (Lipinski definition) is 2. The van der Waals surface area contributed by atoms with Gasteiger partial charge in [0.15, 0.2) is 0 Å². The fourth-order valence-corrected chi connectivity index (χ4v) is 1.86. The predicted molar refractivity (Wildman–Crippen MR) is 64.5 cm³/mol. The molecule has 0 radical (unpaired) electrons. The third-order valence-electron chi connectivity index (χ3n) is 2.01. The first-order valence-electron chi connectivity index (χ1n) is 4.51. The smallest absolute Gasteiger partial charge is 0.0417 e. The van der Waals surface area contributed by atoms with E-state index >= 15 is 0 Å². The van der Waals surface area contributed by atoms with Gasteiger partial charge < -0.3 is 11.1 Å². The van der Waals surface area contributed by atoms with Crippen LogP contribution in [-0.4, -0.2) is 12.6 Å². The molecule has 0 amide bonds. The molecule has 0 saturated heterocycles. The topological polar surface area (TPSA) is 38.0 Å². The summed E-state index contributed by atoms with van der Waals surface area (Å²) in [5, 5.41) is 4.05. The average molecular weight is 278 g/mol. The fraction of sp³-hybridized carbons (Fsp3) is 0.400. The highest BCUT2D eigenvalue weighted by Gasteiger charge is 2.02. The number of benzene rings is 1. The molecule has 0 spiro atoms. The Labute approximate surface area is 98.0 Å². The molecule has 14 heavy (non-hydrogen) atoms. The van der Waals surface area contributed by atoms with Gasteiger partial charge in [-0.25, -0.2) is 0 Å². The zero-order chi connectivity index (χ0) is 10.6. The first-order chi connectivity index (χ1) is 6.63. The van der Waals surface area contributed by atoms with Crippen molar-refractivity contribution >= 4 is 27.5 Å². The third kappa shape index (κ3) is 3.58. The highest BCUT2D eigenvalue weighted by molar-refractivity contribution is 9.10. The molecule has 78 valence electrons. The quantitative estimate of drug-likeness (QED) is 0.887. The van der Waals surface area contributed by atoms with Crippen molar-refractivity contribution in [1.29, 1.82) is 0 Å². The van der Waals surface area contributed by atoms with Gasteiger partial charge in [0.1, 0.15) is 0 Å². The summed E-state index contributed by atoms with van der Waals surface area (Å²) in [6.07, 6.45) is 0. The normalized spacial score (nSPS) is 12.9. The fourth-order valence-electron chi connectivity index (χ4n) is 1.03. The van der Waals surface area contributed by atoms with E-state index in [4.69, 9.17) is 17.3 Å². The maximum Gasteiger partial charge on any atom is 0.0417 e. The molecule has 0 aromatic heterocycles. The molecule has 1 unspecified atom stereocenters. The second-order valence-electron chi connectivity index (χ2n) is 3.25. The molecule has 4 heteroatoms. The van der Waals surface area contributed by atoms with E-state index in [2.05, 4.69) is 28.2 Å². The first kappa shape index (κ1) is 12.0. The van der Waals surface area contributed by atoms with E-state index < -0.39 is 0 Å². The van der Waals surface area contributed by atoms with E-state index in [-0.39, 0.29) is 0 Å². The van der Waals surface area contributed by atoms with Gasteiger partial charge in [-0.2, -0.15) is 0 Å². The average Bonchev–Trinajstić information content (AvgIpc) is 2.16.